The monoisotopic (exact) mass is 204 g/mol. The molecule has 0 unspecified atom stereocenters. The summed E-state index contributed by atoms with van der Waals surface area (Å²) < 4.78 is 0. The van der Waals surface area contributed by atoms with E-state index in [1.54, 1.807) is 6.07 Å². The molecular weight excluding hydrogens is 196 g/mol. The van der Waals surface area contributed by atoms with Crippen molar-refractivity contribution in [1.82, 2.24) is 15.2 Å². The molecule has 0 aromatic carbocycles. The molecule has 76 valence electrons. The van der Waals surface area contributed by atoms with Crippen molar-refractivity contribution in [2.24, 2.45) is 5.73 Å². The van der Waals surface area contributed by atoms with E-state index in [0.717, 1.165) is 0 Å². The standard InChI is InChI=1S/C9H8N4O2/c10-8(14)3-6-9(15)5-1-2-11-4-7(5)13-12-6/h1-2,4H,3H2,(H2,10,14)(H,13,15). The zero-order chi connectivity index (χ0) is 10.8. The van der Waals surface area contributed by atoms with E-state index in [9.17, 15) is 9.59 Å². The zero-order valence-electron chi connectivity index (χ0n) is 7.73. The first-order valence-electron chi connectivity index (χ1n) is 4.28. The summed E-state index contributed by atoms with van der Waals surface area (Å²) >= 11 is 0. The fourth-order valence-electron chi connectivity index (χ4n) is 1.30. The van der Waals surface area contributed by atoms with Crippen molar-refractivity contribution in [3.8, 4) is 0 Å². The molecule has 2 rings (SSSR count). The van der Waals surface area contributed by atoms with E-state index >= 15 is 0 Å². The lowest BCUT2D eigenvalue weighted by molar-refractivity contribution is -0.117. The quantitative estimate of drug-likeness (QED) is 0.678. The van der Waals surface area contributed by atoms with Gasteiger partial charge in [0.15, 0.2) is 0 Å². The molecule has 1 amide bonds. The molecule has 2 aromatic heterocycles. The van der Waals surface area contributed by atoms with Crippen LogP contribution in [0.5, 0.6) is 0 Å². The molecule has 0 fully saturated rings. The highest BCUT2D eigenvalue weighted by molar-refractivity contribution is 5.80. The zero-order valence-corrected chi connectivity index (χ0v) is 7.73. The number of hydrogen-bond acceptors (Lipinski definition) is 4. The highest BCUT2D eigenvalue weighted by Crippen LogP contribution is 2.02. The predicted molar refractivity (Wildman–Crippen MR) is 53.1 cm³/mol. The molecule has 0 bridgehead atoms. The van der Waals surface area contributed by atoms with E-state index in [2.05, 4.69) is 15.2 Å². The minimum absolute atomic E-state index is 0.126. The Hall–Kier alpha value is -2.24. The second-order valence-electron chi connectivity index (χ2n) is 3.06. The Morgan fingerprint density at radius 3 is 3.07 bits per heavy atom. The Balaban J connectivity index is 2.65. The van der Waals surface area contributed by atoms with E-state index in [4.69, 9.17) is 5.73 Å². The maximum absolute atomic E-state index is 11.7. The summed E-state index contributed by atoms with van der Waals surface area (Å²) in [5.41, 5.74) is 5.37. The number of primary amides is 1. The highest BCUT2D eigenvalue weighted by atomic mass is 16.1. The Morgan fingerprint density at radius 1 is 1.53 bits per heavy atom. The van der Waals surface area contributed by atoms with Crippen LogP contribution in [0.4, 0.5) is 0 Å². The van der Waals surface area contributed by atoms with E-state index in [1.165, 1.54) is 12.4 Å². The minimum atomic E-state index is -0.582. The van der Waals surface area contributed by atoms with Crippen LogP contribution in [0.25, 0.3) is 10.9 Å². The molecule has 0 spiro atoms. The molecule has 2 aromatic rings. The number of rotatable bonds is 2. The van der Waals surface area contributed by atoms with Crippen molar-refractivity contribution >= 4 is 16.8 Å². The van der Waals surface area contributed by atoms with Crippen LogP contribution in [0.3, 0.4) is 0 Å². The van der Waals surface area contributed by atoms with Crippen LogP contribution in [0.15, 0.2) is 23.3 Å². The third-order valence-electron chi connectivity index (χ3n) is 1.98. The number of hydrogen-bond donors (Lipinski definition) is 2. The van der Waals surface area contributed by atoms with Gasteiger partial charge in [0.1, 0.15) is 5.69 Å². The number of amides is 1. The van der Waals surface area contributed by atoms with Gasteiger partial charge < -0.3 is 5.73 Å². The molecule has 3 N–H and O–H groups in total. The molecular formula is C9H8N4O2. The number of carbonyl (C=O) groups is 1. The minimum Gasteiger partial charge on any atom is -0.369 e. The number of fused-ring (bicyclic) bond motifs is 1. The van der Waals surface area contributed by atoms with Crippen molar-refractivity contribution in [1.29, 1.82) is 0 Å². The number of nitrogens with two attached hydrogens (primary N) is 1. The Bertz CT molecular complexity index is 576. The molecule has 15 heavy (non-hydrogen) atoms. The van der Waals surface area contributed by atoms with E-state index in [-0.39, 0.29) is 17.5 Å². The first kappa shape index (κ1) is 9.32. The summed E-state index contributed by atoms with van der Waals surface area (Å²) in [5, 5.41) is 6.87. The van der Waals surface area contributed by atoms with E-state index in [0.29, 0.717) is 10.9 Å². The second kappa shape index (κ2) is 3.49. The van der Waals surface area contributed by atoms with Gasteiger partial charge in [-0.1, -0.05) is 0 Å². The topological polar surface area (TPSA) is 102 Å². The SMILES string of the molecule is NC(=O)Cc1n[nH]c2cnccc2c1=O. The van der Waals surface area contributed by atoms with Gasteiger partial charge in [0.2, 0.25) is 11.3 Å². The normalized spacial score (nSPS) is 10.4. The van der Waals surface area contributed by atoms with Gasteiger partial charge in [-0.25, -0.2) is 0 Å². The molecule has 0 atom stereocenters. The van der Waals surface area contributed by atoms with Crippen molar-refractivity contribution in [3.05, 3.63) is 34.4 Å². The number of nitrogens with one attached hydrogen (secondary N) is 1. The average molecular weight is 204 g/mol. The van der Waals surface area contributed by atoms with Crippen LogP contribution < -0.4 is 11.2 Å². The molecule has 2 heterocycles. The van der Waals surface area contributed by atoms with Gasteiger partial charge >= 0.3 is 0 Å². The lowest BCUT2D eigenvalue weighted by atomic mass is 10.2. The van der Waals surface area contributed by atoms with Crippen molar-refractivity contribution in [2.75, 3.05) is 0 Å². The van der Waals surface area contributed by atoms with Gasteiger partial charge in [-0.05, 0) is 6.07 Å². The summed E-state index contributed by atoms with van der Waals surface area (Å²) in [6.07, 6.45) is 2.84. The first-order chi connectivity index (χ1) is 7.18. The van der Waals surface area contributed by atoms with Crippen molar-refractivity contribution in [3.63, 3.8) is 0 Å². The third kappa shape index (κ3) is 1.69. The maximum Gasteiger partial charge on any atom is 0.223 e. The van der Waals surface area contributed by atoms with E-state index < -0.39 is 5.91 Å². The molecule has 6 nitrogen and oxygen atoms in total. The number of aromatic amines is 1. The molecule has 0 aliphatic heterocycles. The number of pyridine rings is 1. The molecule has 0 saturated carbocycles. The smallest absolute Gasteiger partial charge is 0.223 e. The second-order valence-corrected chi connectivity index (χ2v) is 3.06. The molecule has 0 aliphatic carbocycles. The number of aromatic nitrogens is 3. The molecule has 0 radical (unpaired) electrons. The van der Waals surface area contributed by atoms with Gasteiger partial charge in [-0.3, -0.25) is 19.7 Å². The predicted octanol–water partition coefficient (Wildman–Crippen LogP) is -0.654. The Morgan fingerprint density at radius 2 is 2.33 bits per heavy atom. The van der Waals surface area contributed by atoms with Crippen molar-refractivity contribution < 1.29 is 4.79 Å². The highest BCUT2D eigenvalue weighted by Gasteiger charge is 2.08. The van der Waals surface area contributed by atoms with Gasteiger partial charge in [0, 0.05) is 6.20 Å². The van der Waals surface area contributed by atoms with Gasteiger partial charge in [0.25, 0.3) is 0 Å². The summed E-state index contributed by atoms with van der Waals surface area (Å²) in [4.78, 5) is 26.3. The van der Waals surface area contributed by atoms with Gasteiger partial charge in [-0.2, -0.15) is 5.10 Å². The largest absolute Gasteiger partial charge is 0.369 e. The number of H-pyrrole nitrogens is 1. The summed E-state index contributed by atoms with van der Waals surface area (Å²) in [6.45, 7) is 0. The maximum atomic E-state index is 11.7. The van der Waals surface area contributed by atoms with Crippen LogP contribution in [0.2, 0.25) is 0 Å². The summed E-state index contributed by atoms with van der Waals surface area (Å²) in [7, 11) is 0. The lowest BCUT2D eigenvalue weighted by Gasteiger charge is -1.98. The van der Waals surface area contributed by atoms with E-state index in [1.807, 2.05) is 0 Å². The van der Waals surface area contributed by atoms with Crippen molar-refractivity contribution in [2.45, 2.75) is 6.42 Å². The summed E-state index contributed by atoms with van der Waals surface area (Å²) in [6, 6.07) is 1.57. The number of carbonyl (C=O) groups excluding carboxylic acids is 1. The number of nitrogens with zero attached hydrogens (tertiary/aromatic N) is 2. The average Bonchev–Trinajstić information content (AvgIpc) is 2.22. The third-order valence-corrected chi connectivity index (χ3v) is 1.98. The fourth-order valence-corrected chi connectivity index (χ4v) is 1.30. The summed E-state index contributed by atoms with van der Waals surface area (Å²) in [5.74, 6) is -0.582. The molecule has 0 saturated heterocycles. The van der Waals surface area contributed by atoms with Crippen LogP contribution in [-0.4, -0.2) is 21.1 Å². The van der Waals surface area contributed by atoms with Crippen LogP contribution >= 0.6 is 0 Å². The fraction of sp³-hybridized carbons (Fsp3) is 0.111. The Kier molecular flexibility index (Phi) is 2.17. The van der Waals surface area contributed by atoms with Crippen LogP contribution in [0.1, 0.15) is 5.69 Å². The van der Waals surface area contributed by atoms with Crippen LogP contribution in [0, 0.1) is 0 Å². The molecule has 6 heteroatoms. The van der Waals surface area contributed by atoms with Gasteiger partial charge in [-0.15, -0.1) is 0 Å². The lowest BCUT2D eigenvalue weighted by Crippen LogP contribution is -2.22. The van der Waals surface area contributed by atoms with Crippen LogP contribution in [-0.2, 0) is 11.2 Å². The van der Waals surface area contributed by atoms with Gasteiger partial charge in [0.05, 0.1) is 23.5 Å². The molecule has 0 aliphatic rings. The first-order valence-corrected chi connectivity index (χ1v) is 4.28. The Labute approximate surface area is 84.1 Å².